The van der Waals surface area contributed by atoms with Crippen LogP contribution in [0.4, 0.5) is 4.79 Å². The van der Waals surface area contributed by atoms with E-state index in [0.29, 0.717) is 6.54 Å². The fourth-order valence-electron chi connectivity index (χ4n) is 3.16. The summed E-state index contributed by atoms with van der Waals surface area (Å²) in [5, 5.41) is 8.88. The Labute approximate surface area is 140 Å². The molecule has 2 aromatic rings. The van der Waals surface area contributed by atoms with Gasteiger partial charge < -0.3 is 15.1 Å². The number of carbonyl (C=O) groups is 1. The molecule has 0 aliphatic heterocycles. The van der Waals surface area contributed by atoms with Gasteiger partial charge in [0.05, 0.1) is 12.6 Å². The van der Waals surface area contributed by atoms with E-state index in [2.05, 4.69) is 29.5 Å². The van der Waals surface area contributed by atoms with Gasteiger partial charge in [0.2, 0.25) is 0 Å². The number of thiazole rings is 1. The maximum Gasteiger partial charge on any atom is 0.315 e. The number of fused-ring (bicyclic) bond motifs is 1. The zero-order valence-corrected chi connectivity index (χ0v) is 14.8. The molecule has 2 aromatic heterocycles. The van der Waals surface area contributed by atoms with Gasteiger partial charge in [-0.25, -0.2) is 9.78 Å². The van der Waals surface area contributed by atoms with Gasteiger partial charge in [-0.15, -0.1) is 11.3 Å². The average Bonchev–Trinajstić information content (AvgIpc) is 3.00. The van der Waals surface area contributed by atoms with Crippen molar-refractivity contribution in [2.45, 2.75) is 53.1 Å². The van der Waals surface area contributed by atoms with E-state index in [-0.39, 0.29) is 17.5 Å². The minimum absolute atomic E-state index is 0.00997. The molecule has 2 heterocycles. The molecule has 0 radical (unpaired) electrons. The third-order valence-electron chi connectivity index (χ3n) is 4.11. The Bertz CT molecular complexity index is 717. The quantitative estimate of drug-likeness (QED) is 0.896. The maximum absolute atomic E-state index is 12.2. The normalized spacial score (nSPS) is 19.2. The van der Waals surface area contributed by atoms with Crippen LogP contribution in [0, 0.1) is 19.3 Å². The largest absolute Gasteiger partial charge is 0.466 e. The fraction of sp³-hybridized carbons (Fsp3) is 0.529. The number of aromatic nitrogens is 1. The predicted octanol–water partition coefficient (Wildman–Crippen LogP) is 3.87. The smallest absolute Gasteiger partial charge is 0.315 e. The highest BCUT2D eigenvalue weighted by Gasteiger charge is 2.35. The van der Waals surface area contributed by atoms with Gasteiger partial charge in [-0.05, 0) is 31.7 Å². The summed E-state index contributed by atoms with van der Waals surface area (Å²) in [5.74, 6) is 1.90. The summed E-state index contributed by atoms with van der Waals surface area (Å²) in [7, 11) is 0. The van der Waals surface area contributed by atoms with Crippen LogP contribution >= 0.6 is 11.3 Å². The molecule has 23 heavy (non-hydrogen) atoms. The lowest BCUT2D eigenvalue weighted by Gasteiger charge is -2.34. The van der Waals surface area contributed by atoms with Gasteiger partial charge in [-0.3, -0.25) is 0 Å². The molecule has 5 nitrogen and oxygen atoms in total. The molecule has 2 N–H and O–H groups in total. The summed E-state index contributed by atoms with van der Waals surface area (Å²) in [6.07, 6.45) is 1.82. The van der Waals surface area contributed by atoms with Crippen molar-refractivity contribution in [1.82, 2.24) is 15.6 Å². The Balaban J connectivity index is 1.65. The number of rotatable bonds is 3. The SMILES string of the molecule is Cc1csc(CNC(=O)N[C@@H]2CC(C)(C)Cc3oc(C)cc32)n1. The Morgan fingerprint density at radius 2 is 2.26 bits per heavy atom. The van der Waals surface area contributed by atoms with Crippen molar-refractivity contribution in [2.24, 2.45) is 5.41 Å². The number of hydrogen-bond donors (Lipinski definition) is 2. The van der Waals surface area contributed by atoms with Crippen molar-refractivity contribution < 1.29 is 9.21 Å². The average molecular weight is 333 g/mol. The van der Waals surface area contributed by atoms with E-state index >= 15 is 0 Å². The van der Waals surface area contributed by atoms with E-state index in [4.69, 9.17) is 4.42 Å². The van der Waals surface area contributed by atoms with Gasteiger partial charge in [-0.1, -0.05) is 13.8 Å². The minimum atomic E-state index is -0.162. The molecule has 1 aliphatic carbocycles. The molecular weight excluding hydrogens is 310 g/mol. The van der Waals surface area contributed by atoms with Crippen LogP contribution in [0.15, 0.2) is 15.9 Å². The van der Waals surface area contributed by atoms with Gasteiger partial charge in [0, 0.05) is 23.1 Å². The van der Waals surface area contributed by atoms with Gasteiger partial charge in [0.1, 0.15) is 16.5 Å². The second kappa shape index (κ2) is 6.00. The standard InChI is InChI=1S/C17H23N3O2S/c1-10-9-23-15(19-10)8-18-16(21)20-13-6-17(3,4)7-14-12(13)5-11(2)22-14/h5,9,13H,6-8H2,1-4H3,(H2,18,20,21)/t13-/m1/s1. The number of nitrogens with zero attached hydrogens (tertiary/aromatic N) is 1. The molecule has 0 unspecified atom stereocenters. The molecule has 0 saturated heterocycles. The molecule has 0 fully saturated rings. The molecule has 3 rings (SSSR count). The van der Waals surface area contributed by atoms with Crippen LogP contribution in [0.25, 0.3) is 0 Å². The van der Waals surface area contributed by atoms with Gasteiger partial charge in [0.15, 0.2) is 0 Å². The first kappa shape index (κ1) is 16.1. The molecule has 0 spiro atoms. The van der Waals surface area contributed by atoms with Crippen molar-refractivity contribution >= 4 is 17.4 Å². The first-order chi connectivity index (χ1) is 10.8. The summed E-state index contributed by atoms with van der Waals surface area (Å²) in [6.45, 7) is 8.77. The zero-order valence-electron chi connectivity index (χ0n) is 14.0. The number of hydrogen-bond acceptors (Lipinski definition) is 4. The number of aryl methyl sites for hydroxylation is 2. The third-order valence-corrected chi connectivity index (χ3v) is 5.07. The summed E-state index contributed by atoms with van der Waals surface area (Å²) in [4.78, 5) is 16.6. The number of nitrogens with one attached hydrogen (secondary N) is 2. The summed E-state index contributed by atoms with van der Waals surface area (Å²) in [5.41, 5.74) is 2.21. The second-order valence-electron chi connectivity index (χ2n) is 7.04. The molecule has 124 valence electrons. The first-order valence-corrected chi connectivity index (χ1v) is 8.75. The topological polar surface area (TPSA) is 67.2 Å². The van der Waals surface area contributed by atoms with E-state index in [1.807, 2.05) is 25.3 Å². The molecule has 0 saturated carbocycles. The molecule has 1 atom stereocenters. The van der Waals surface area contributed by atoms with Gasteiger partial charge >= 0.3 is 6.03 Å². The van der Waals surface area contributed by atoms with Crippen molar-refractivity contribution in [3.05, 3.63) is 39.2 Å². The van der Waals surface area contributed by atoms with Crippen molar-refractivity contribution in [1.29, 1.82) is 0 Å². The van der Waals surface area contributed by atoms with E-state index in [0.717, 1.165) is 40.6 Å². The lowest BCUT2D eigenvalue weighted by atomic mass is 9.75. The molecule has 0 aromatic carbocycles. The molecule has 2 amide bonds. The highest BCUT2D eigenvalue weighted by Crippen LogP contribution is 2.41. The minimum Gasteiger partial charge on any atom is -0.466 e. The van der Waals surface area contributed by atoms with E-state index < -0.39 is 0 Å². The molecule has 6 heteroatoms. The fourth-order valence-corrected chi connectivity index (χ4v) is 3.87. The number of urea groups is 1. The summed E-state index contributed by atoms with van der Waals surface area (Å²) in [6, 6.07) is 1.87. The van der Waals surface area contributed by atoms with E-state index in [9.17, 15) is 4.79 Å². The van der Waals surface area contributed by atoms with Crippen LogP contribution in [0.3, 0.4) is 0 Å². The predicted molar refractivity (Wildman–Crippen MR) is 90.5 cm³/mol. The summed E-state index contributed by atoms with van der Waals surface area (Å²) >= 11 is 1.56. The number of furan rings is 1. The highest BCUT2D eigenvalue weighted by atomic mass is 32.1. The lowest BCUT2D eigenvalue weighted by molar-refractivity contribution is 0.214. The van der Waals surface area contributed by atoms with Crippen LogP contribution < -0.4 is 10.6 Å². The number of amides is 2. The molecule has 1 aliphatic rings. The molecular formula is C17H23N3O2S. The first-order valence-electron chi connectivity index (χ1n) is 7.87. The maximum atomic E-state index is 12.2. The Morgan fingerprint density at radius 3 is 2.96 bits per heavy atom. The third kappa shape index (κ3) is 3.75. The van der Waals surface area contributed by atoms with Crippen molar-refractivity contribution in [3.63, 3.8) is 0 Å². The Kier molecular flexibility index (Phi) is 4.19. The van der Waals surface area contributed by atoms with Crippen molar-refractivity contribution in [2.75, 3.05) is 0 Å². The zero-order chi connectivity index (χ0) is 16.6. The van der Waals surface area contributed by atoms with Crippen LogP contribution in [0.2, 0.25) is 0 Å². The van der Waals surface area contributed by atoms with Crippen LogP contribution in [-0.4, -0.2) is 11.0 Å². The Hall–Kier alpha value is -1.82. The van der Waals surface area contributed by atoms with Crippen LogP contribution in [0.1, 0.15) is 54.1 Å². The van der Waals surface area contributed by atoms with E-state index in [1.54, 1.807) is 11.3 Å². The lowest BCUT2D eigenvalue weighted by Crippen LogP contribution is -2.41. The van der Waals surface area contributed by atoms with Gasteiger partial charge in [0.25, 0.3) is 0 Å². The Morgan fingerprint density at radius 1 is 1.48 bits per heavy atom. The monoisotopic (exact) mass is 333 g/mol. The van der Waals surface area contributed by atoms with Crippen LogP contribution in [0.5, 0.6) is 0 Å². The summed E-state index contributed by atoms with van der Waals surface area (Å²) < 4.78 is 5.81. The van der Waals surface area contributed by atoms with E-state index in [1.165, 1.54) is 0 Å². The molecule has 0 bridgehead atoms. The second-order valence-corrected chi connectivity index (χ2v) is 7.99. The van der Waals surface area contributed by atoms with Crippen LogP contribution in [-0.2, 0) is 13.0 Å². The number of carbonyl (C=O) groups excluding carboxylic acids is 1. The highest BCUT2D eigenvalue weighted by molar-refractivity contribution is 7.09. The van der Waals surface area contributed by atoms with Gasteiger partial charge in [-0.2, -0.15) is 0 Å². The van der Waals surface area contributed by atoms with Crippen molar-refractivity contribution in [3.8, 4) is 0 Å².